The molecule has 0 bridgehead atoms. The summed E-state index contributed by atoms with van der Waals surface area (Å²) in [5.41, 5.74) is 1.93. The van der Waals surface area contributed by atoms with Crippen molar-refractivity contribution < 1.29 is 18.7 Å². The number of carbonyl (C=O) groups is 2. The van der Waals surface area contributed by atoms with Crippen LogP contribution in [0.3, 0.4) is 0 Å². The van der Waals surface area contributed by atoms with Gasteiger partial charge in [0.1, 0.15) is 17.6 Å². The molecule has 31 heavy (non-hydrogen) atoms. The molecule has 2 rings (SSSR count). The van der Waals surface area contributed by atoms with E-state index in [0.29, 0.717) is 18.1 Å². The molecule has 5 nitrogen and oxygen atoms in total. The summed E-state index contributed by atoms with van der Waals surface area (Å²) in [6.07, 6.45) is 0.453. The number of amides is 2. The fourth-order valence-electron chi connectivity index (χ4n) is 3.26. The first-order chi connectivity index (χ1) is 14.7. The van der Waals surface area contributed by atoms with Gasteiger partial charge in [0.2, 0.25) is 5.91 Å². The first-order valence-corrected chi connectivity index (χ1v) is 10.8. The van der Waals surface area contributed by atoms with E-state index in [1.54, 1.807) is 12.1 Å². The van der Waals surface area contributed by atoms with E-state index in [2.05, 4.69) is 19.2 Å². The van der Waals surface area contributed by atoms with Crippen molar-refractivity contribution in [1.29, 1.82) is 0 Å². The maximum absolute atomic E-state index is 13.3. The third-order valence-corrected chi connectivity index (χ3v) is 4.99. The number of hydrogen-bond acceptors (Lipinski definition) is 3. The Bertz CT molecular complexity index is 848. The van der Waals surface area contributed by atoms with Crippen LogP contribution in [-0.2, 0) is 16.1 Å². The van der Waals surface area contributed by atoms with Crippen LogP contribution in [0.2, 0.25) is 0 Å². The van der Waals surface area contributed by atoms with Crippen molar-refractivity contribution in [3.8, 4) is 5.75 Å². The second-order valence-electron chi connectivity index (χ2n) is 8.25. The lowest BCUT2D eigenvalue weighted by Gasteiger charge is -2.31. The van der Waals surface area contributed by atoms with Crippen molar-refractivity contribution in [2.45, 2.75) is 65.6 Å². The summed E-state index contributed by atoms with van der Waals surface area (Å²) in [5.74, 6) is 0.141. The molecule has 1 N–H and O–H groups in total. The fourth-order valence-corrected chi connectivity index (χ4v) is 3.26. The number of nitrogens with one attached hydrogen (secondary N) is 1. The van der Waals surface area contributed by atoms with Crippen LogP contribution in [0.5, 0.6) is 5.75 Å². The summed E-state index contributed by atoms with van der Waals surface area (Å²) in [7, 11) is 0. The number of benzene rings is 2. The Hall–Kier alpha value is -2.89. The smallest absolute Gasteiger partial charge is 0.261 e. The Kier molecular flexibility index (Phi) is 9.03. The highest BCUT2D eigenvalue weighted by Crippen LogP contribution is 2.19. The molecule has 2 amide bonds. The Morgan fingerprint density at radius 1 is 1.00 bits per heavy atom. The van der Waals surface area contributed by atoms with Crippen LogP contribution in [0.15, 0.2) is 48.5 Å². The van der Waals surface area contributed by atoms with Crippen molar-refractivity contribution in [3.05, 3.63) is 65.5 Å². The second-order valence-corrected chi connectivity index (χ2v) is 8.25. The highest BCUT2D eigenvalue weighted by atomic mass is 19.1. The van der Waals surface area contributed by atoms with Crippen molar-refractivity contribution in [3.63, 3.8) is 0 Å². The van der Waals surface area contributed by atoms with Crippen LogP contribution in [0.4, 0.5) is 4.39 Å². The molecule has 0 aliphatic rings. The highest BCUT2D eigenvalue weighted by molar-refractivity contribution is 5.88. The zero-order valence-electron chi connectivity index (χ0n) is 19.0. The Morgan fingerprint density at radius 2 is 1.61 bits per heavy atom. The average Bonchev–Trinajstić information content (AvgIpc) is 2.73. The number of nitrogens with zero attached hydrogens (tertiary/aromatic N) is 1. The third-order valence-electron chi connectivity index (χ3n) is 4.99. The van der Waals surface area contributed by atoms with Gasteiger partial charge in [-0.1, -0.05) is 45.0 Å². The third kappa shape index (κ3) is 7.39. The quantitative estimate of drug-likeness (QED) is 0.599. The normalized spacial score (nSPS) is 12.0. The summed E-state index contributed by atoms with van der Waals surface area (Å²) in [5, 5.41) is 2.88. The fraction of sp³-hybridized carbons (Fsp3) is 0.440. The van der Waals surface area contributed by atoms with Gasteiger partial charge in [-0.3, -0.25) is 9.59 Å². The van der Waals surface area contributed by atoms with Crippen LogP contribution >= 0.6 is 0 Å². The van der Waals surface area contributed by atoms with E-state index in [1.165, 1.54) is 22.6 Å². The van der Waals surface area contributed by atoms with Crippen molar-refractivity contribution in [2.75, 3.05) is 6.61 Å². The standard InChI is InChI=1S/C25H33FN2O3/c1-6-23(25(30)27-18(4)5)28(15-19-7-11-21(26)12-8-19)24(29)16-31-22-13-9-20(10-14-22)17(2)3/h7-14,17-18,23H,6,15-16H2,1-5H3,(H,27,30)/t23-/m0/s1. The first kappa shape index (κ1) is 24.4. The van der Waals surface area contributed by atoms with Gasteiger partial charge in [-0.25, -0.2) is 4.39 Å². The molecule has 0 heterocycles. The summed E-state index contributed by atoms with van der Waals surface area (Å²) < 4.78 is 19.0. The molecule has 0 radical (unpaired) electrons. The molecule has 1 atom stereocenters. The van der Waals surface area contributed by atoms with Gasteiger partial charge < -0.3 is 15.0 Å². The molecule has 0 aromatic heterocycles. The molecular weight excluding hydrogens is 395 g/mol. The van der Waals surface area contributed by atoms with Gasteiger partial charge in [-0.2, -0.15) is 0 Å². The molecule has 168 valence electrons. The predicted molar refractivity (Wildman–Crippen MR) is 120 cm³/mol. The van der Waals surface area contributed by atoms with Gasteiger partial charge >= 0.3 is 0 Å². The number of hydrogen-bond donors (Lipinski definition) is 1. The first-order valence-electron chi connectivity index (χ1n) is 10.8. The lowest BCUT2D eigenvalue weighted by Crippen LogP contribution is -2.51. The largest absolute Gasteiger partial charge is 0.484 e. The molecular formula is C25H33FN2O3. The average molecular weight is 429 g/mol. The molecule has 0 saturated heterocycles. The Labute approximate surface area is 184 Å². The van der Waals surface area contributed by atoms with Crippen LogP contribution in [0.25, 0.3) is 0 Å². The molecule has 0 saturated carbocycles. The lowest BCUT2D eigenvalue weighted by atomic mass is 10.0. The van der Waals surface area contributed by atoms with Crippen molar-refractivity contribution in [2.24, 2.45) is 0 Å². The van der Waals surface area contributed by atoms with E-state index in [1.807, 2.05) is 45.0 Å². The molecule has 0 fully saturated rings. The van der Waals surface area contributed by atoms with E-state index in [4.69, 9.17) is 4.74 Å². The van der Waals surface area contributed by atoms with E-state index >= 15 is 0 Å². The van der Waals surface area contributed by atoms with E-state index < -0.39 is 6.04 Å². The van der Waals surface area contributed by atoms with E-state index in [-0.39, 0.29) is 36.8 Å². The summed E-state index contributed by atoms with van der Waals surface area (Å²) in [6.45, 7) is 9.84. The minimum Gasteiger partial charge on any atom is -0.484 e. The zero-order valence-corrected chi connectivity index (χ0v) is 19.0. The minimum absolute atomic E-state index is 0.0416. The maximum Gasteiger partial charge on any atom is 0.261 e. The molecule has 2 aromatic rings. The molecule has 0 unspecified atom stereocenters. The Balaban J connectivity index is 2.17. The van der Waals surface area contributed by atoms with E-state index in [9.17, 15) is 14.0 Å². The summed E-state index contributed by atoms with van der Waals surface area (Å²) >= 11 is 0. The van der Waals surface area contributed by atoms with Gasteiger partial charge in [0.25, 0.3) is 5.91 Å². The molecule has 0 aliphatic carbocycles. The van der Waals surface area contributed by atoms with Gasteiger partial charge in [0.15, 0.2) is 6.61 Å². The molecule has 2 aromatic carbocycles. The summed E-state index contributed by atoms with van der Waals surface area (Å²) in [6, 6.07) is 12.9. The molecule has 0 spiro atoms. The van der Waals surface area contributed by atoms with Crippen molar-refractivity contribution in [1.82, 2.24) is 10.2 Å². The predicted octanol–water partition coefficient (Wildman–Crippen LogP) is 4.66. The van der Waals surface area contributed by atoms with Gasteiger partial charge in [0, 0.05) is 12.6 Å². The van der Waals surface area contributed by atoms with Gasteiger partial charge in [-0.05, 0) is 61.6 Å². The number of ether oxygens (including phenoxy) is 1. The van der Waals surface area contributed by atoms with Crippen LogP contribution in [-0.4, -0.2) is 35.4 Å². The summed E-state index contributed by atoms with van der Waals surface area (Å²) in [4.78, 5) is 27.4. The van der Waals surface area contributed by atoms with Gasteiger partial charge in [0.05, 0.1) is 0 Å². The van der Waals surface area contributed by atoms with Crippen molar-refractivity contribution >= 4 is 11.8 Å². The lowest BCUT2D eigenvalue weighted by molar-refractivity contribution is -0.143. The maximum atomic E-state index is 13.3. The van der Waals surface area contributed by atoms with Gasteiger partial charge in [-0.15, -0.1) is 0 Å². The number of rotatable bonds is 10. The number of carbonyl (C=O) groups excluding carboxylic acids is 2. The monoisotopic (exact) mass is 428 g/mol. The van der Waals surface area contributed by atoms with Crippen LogP contribution < -0.4 is 10.1 Å². The topological polar surface area (TPSA) is 58.6 Å². The Morgan fingerprint density at radius 3 is 2.13 bits per heavy atom. The second kappa shape index (κ2) is 11.5. The SMILES string of the molecule is CC[C@@H](C(=O)NC(C)C)N(Cc1ccc(F)cc1)C(=O)COc1ccc(C(C)C)cc1. The number of halogens is 1. The zero-order chi connectivity index (χ0) is 23.0. The molecule has 6 heteroatoms. The van der Waals surface area contributed by atoms with Crippen LogP contribution in [0.1, 0.15) is 58.1 Å². The van der Waals surface area contributed by atoms with E-state index in [0.717, 1.165) is 5.56 Å². The highest BCUT2D eigenvalue weighted by Gasteiger charge is 2.29. The van der Waals surface area contributed by atoms with Crippen LogP contribution in [0, 0.1) is 5.82 Å². The molecule has 0 aliphatic heterocycles. The minimum atomic E-state index is -0.646.